The molecule has 4 rings (SSSR count). The second-order valence-corrected chi connectivity index (χ2v) is 8.45. The van der Waals surface area contributed by atoms with Crippen LogP contribution in [-0.2, 0) is 4.79 Å². The number of amides is 1. The van der Waals surface area contributed by atoms with Crippen LogP contribution in [0.1, 0.15) is 12.5 Å². The highest BCUT2D eigenvalue weighted by molar-refractivity contribution is 7.99. The third-order valence-corrected chi connectivity index (χ3v) is 5.86. The van der Waals surface area contributed by atoms with Crippen molar-refractivity contribution in [1.82, 2.24) is 20.2 Å². The van der Waals surface area contributed by atoms with Crippen LogP contribution in [0.5, 0.6) is 5.75 Å². The first-order chi connectivity index (χ1) is 16.6. The van der Waals surface area contributed by atoms with E-state index >= 15 is 0 Å². The second-order valence-electron chi connectivity index (χ2n) is 7.07. The number of ether oxygens (including phenoxy) is 1. The molecule has 0 fully saturated rings. The summed E-state index contributed by atoms with van der Waals surface area (Å²) < 4.78 is 7.34. The summed E-state index contributed by atoms with van der Waals surface area (Å²) >= 11 is 7.32. The van der Waals surface area contributed by atoms with Crippen LogP contribution in [0.2, 0.25) is 5.02 Å². The third kappa shape index (κ3) is 6.03. The number of hydrazone groups is 1. The van der Waals surface area contributed by atoms with E-state index in [1.807, 2.05) is 90.4 Å². The molecular formula is C25H22ClN5O2S. The molecule has 0 radical (unpaired) electrons. The van der Waals surface area contributed by atoms with Crippen molar-refractivity contribution in [3.05, 3.63) is 89.4 Å². The second kappa shape index (κ2) is 11.5. The first kappa shape index (κ1) is 23.5. The smallest absolute Gasteiger partial charge is 0.250 e. The van der Waals surface area contributed by atoms with E-state index in [9.17, 15) is 4.79 Å². The monoisotopic (exact) mass is 491 g/mol. The van der Waals surface area contributed by atoms with Gasteiger partial charge in [0.2, 0.25) is 0 Å². The van der Waals surface area contributed by atoms with Gasteiger partial charge < -0.3 is 4.74 Å². The largest absolute Gasteiger partial charge is 0.494 e. The molecule has 0 aliphatic heterocycles. The highest BCUT2D eigenvalue weighted by Gasteiger charge is 2.17. The molecule has 0 bridgehead atoms. The van der Waals surface area contributed by atoms with Crippen LogP contribution in [0.4, 0.5) is 0 Å². The fraction of sp³-hybridized carbons (Fsp3) is 0.120. The van der Waals surface area contributed by atoms with Crippen LogP contribution >= 0.6 is 23.4 Å². The number of benzene rings is 3. The Balaban J connectivity index is 1.44. The summed E-state index contributed by atoms with van der Waals surface area (Å²) in [7, 11) is 0. The predicted molar refractivity (Wildman–Crippen MR) is 136 cm³/mol. The number of halogens is 1. The minimum absolute atomic E-state index is 0.131. The summed E-state index contributed by atoms with van der Waals surface area (Å²) in [6.45, 7) is 2.55. The SMILES string of the molecule is CCOc1ccc(/C=N/NC(=O)CSc2nnc(-c3ccc(Cl)cc3)n2-c2ccccc2)cc1. The first-order valence-electron chi connectivity index (χ1n) is 10.6. The van der Waals surface area contributed by atoms with E-state index in [-0.39, 0.29) is 11.7 Å². The van der Waals surface area contributed by atoms with Crippen molar-refractivity contribution in [3.8, 4) is 22.8 Å². The molecule has 172 valence electrons. The Hall–Kier alpha value is -3.62. The maximum Gasteiger partial charge on any atom is 0.250 e. The fourth-order valence-corrected chi connectivity index (χ4v) is 3.99. The number of para-hydroxylation sites is 1. The van der Waals surface area contributed by atoms with Crippen molar-refractivity contribution < 1.29 is 9.53 Å². The van der Waals surface area contributed by atoms with E-state index in [1.165, 1.54) is 11.8 Å². The number of carbonyl (C=O) groups is 1. The number of aromatic nitrogens is 3. The zero-order valence-electron chi connectivity index (χ0n) is 18.4. The normalized spacial score (nSPS) is 11.0. The van der Waals surface area contributed by atoms with Crippen molar-refractivity contribution in [2.45, 2.75) is 12.1 Å². The number of rotatable bonds is 9. The van der Waals surface area contributed by atoms with Gasteiger partial charge in [-0.05, 0) is 73.2 Å². The number of thioether (sulfide) groups is 1. The maximum atomic E-state index is 12.4. The van der Waals surface area contributed by atoms with E-state index in [0.717, 1.165) is 22.6 Å². The van der Waals surface area contributed by atoms with Crippen molar-refractivity contribution in [1.29, 1.82) is 0 Å². The van der Waals surface area contributed by atoms with Gasteiger partial charge in [0.1, 0.15) is 5.75 Å². The lowest BCUT2D eigenvalue weighted by atomic mass is 10.2. The molecule has 0 unspecified atom stereocenters. The van der Waals surface area contributed by atoms with E-state index in [0.29, 0.717) is 22.6 Å². The van der Waals surface area contributed by atoms with Gasteiger partial charge in [0.05, 0.1) is 18.6 Å². The highest BCUT2D eigenvalue weighted by Crippen LogP contribution is 2.28. The molecule has 3 aromatic carbocycles. The molecular weight excluding hydrogens is 470 g/mol. The molecule has 0 aliphatic rings. The molecule has 0 spiro atoms. The van der Waals surface area contributed by atoms with Crippen LogP contribution in [0.3, 0.4) is 0 Å². The molecule has 1 aromatic heterocycles. The summed E-state index contributed by atoms with van der Waals surface area (Å²) in [5.74, 6) is 1.34. The maximum absolute atomic E-state index is 12.4. The zero-order valence-corrected chi connectivity index (χ0v) is 20.0. The van der Waals surface area contributed by atoms with Gasteiger partial charge in [-0.25, -0.2) is 5.43 Å². The van der Waals surface area contributed by atoms with Gasteiger partial charge in [-0.3, -0.25) is 9.36 Å². The lowest BCUT2D eigenvalue weighted by Crippen LogP contribution is -2.20. The molecule has 1 amide bonds. The third-order valence-electron chi connectivity index (χ3n) is 4.68. The number of carbonyl (C=O) groups excluding carboxylic acids is 1. The van der Waals surface area contributed by atoms with Gasteiger partial charge in [0, 0.05) is 16.3 Å². The van der Waals surface area contributed by atoms with Gasteiger partial charge >= 0.3 is 0 Å². The quantitative estimate of drug-likeness (QED) is 0.197. The highest BCUT2D eigenvalue weighted by atomic mass is 35.5. The summed E-state index contributed by atoms with van der Waals surface area (Å²) in [5, 5.41) is 14.0. The molecule has 1 N–H and O–H groups in total. The van der Waals surface area contributed by atoms with Gasteiger partial charge in [-0.2, -0.15) is 5.10 Å². The average molecular weight is 492 g/mol. The molecule has 4 aromatic rings. The summed E-state index contributed by atoms with van der Waals surface area (Å²) in [6.07, 6.45) is 1.59. The Morgan fingerprint density at radius 1 is 1.06 bits per heavy atom. The van der Waals surface area contributed by atoms with Gasteiger partial charge in [-0.1, -0.05) is 41.6 Å². The van der Waals surface area contributed by atoms with Crippen LogP contribution < -0.4 is 10.2 Å². The fourth-order valence-electron chi connectivity index (χ4n) is 3.12. The Bertz CT molecular complexity index is 1260. The van der Waals surface area contributed by atoms with E-state index < -0.39 is 0 Å². The number of hydrogen-bond acceptors (Lipinski definition) is 6. The number of nitrogens with one attached hydrogen (secondary N) is 1. The van der Waals surface area contributed by atoms with E-state index in [1.54, 1.807) is 6.21 Å². The summed E-state index contributed by atoms with van der Waals surface area (Å²) in [5.41, 5.74) is 5.18. The Morgan fingerprint density at radius 3 is 2.50 bits per heavy atom. The van der Waals surface area contributed by atoms with Crippen LogP contribution in [0.15, 0.2) is 89.1 Å². The van der Waals surface area contributed by atoms with Crippen molar-refractivity contribution >= 4 is 35.5 Å². The Kier molecular flexibility index (Phi) is 7.95. The standard InChI is InChI=1S/C25H22ClN5O2S/c1-2-33-22-14-8-18(9-15-22)16-27-28-23(32)17-34-25-30-29-24(19-10-12-20(26)13-11-19)31(25)21-6-4-3-5-7-21/h3-16H,2,17H2,1H3,(H,28,32)/b27-16+. The molecule has 0 atom stereocenters. The van der Waals surface area contributed by atoms with Crippen molar-refractivity contribution in [2.24, 2.45) is 5.10 Å². The minimum atomic E-state index is -0.247. The average Bonchev–Trinajstić information content (AvgIpc) is 3.29. The molecule has 9 heteroatoms. The number of nitrogens with zero attached hydrogens (tertiary/aromatic N) is 4. The van der Waals surface area contributed by atoms with Crippen LogP contribution in [-0.4, -0.2) is 39.2 Å². The predicted octanol–water partition coefficient (Wildman–Crippen LogP) is 5.23. The molecule has 0 saturated carbocycles. The molecule has 0 saturated heterocycles. The van der Waals surface area contributed by atoms with Gasteiger partial charge in [0.25, 0.3) is 5.91 Å². The molecule has 0 aliphatic carbocycles. The first-order valence-corrected chi connectivity index (χ1v) is 11.9. The molecule has 34 heavy (non-hydrogen) atoms. The number of hydrogen-bond donors (Lipinski definition) is 1. The summed E-state index contributed by atoms with van der Waals surface area (Å²) in [4.78, 5) is 12.4. The van der Waals surface area contributed by atoms with E-state index in [2.05, 4.69) is 20.7 Å². The molecule has 1 heterocycles. The van der Waals surface area contributed by atoms with Gasteiger partial charge in [0.15, 0.2) is 11.0 Å². The van der Waals surface area contributed by atoms with Crippen LogP contribution in [0, 0.1) is 0 Å². The Morgan fingerprint density at radius 2 is 1.79 bits per heavy atom. The lowest BCUT2D eigenvalue weighted by molar-refractivity contribution is -0.118. The zero-order chi connectivity index (χ0) is 23.8. The van der Waals surface area contributed by atoms with Gasteiger partial charge in [-0.15, -0.1) is 10.2 Å². The van der Waals surface area contributed by atoms with Crippen LogP contribution in [0.25, 0.3) is 17.1 Å². The van der Waals surface area contributed by atoms with Crippen molar-refractivity contribution in [2.75, 3.05) is 12.4 Å². The Labute approximate surface area is 206 Å². The topological polar surface area (TPSA) is 81.4 Å². The summed E-state index contributed by atoms with van der Waals surface area (Å²) in [6, 6.07) is 24.6. The lowest BCUT2D eigenvalue weighted by Gasteiger charge is -2.10. The van der Waals surface area contributed by atoms with Crippen molar-refractivity contribution in [3.63, 3.8) is 0 Å². The van der Waals surface area contributed by atoms with E-state index in [4.69, 9.17) is 16.3 Å². The molecule has 7 nitrogen and oxygen atoms in total. The minimum Gasteiger partial charge on any atom is -0.494 e.